The van der Waals surface area contributed by atoms with Crippen molar-refractivity contribution >= 4 is 17.4 Å². The fourth-order valence-corrected chi connectivity index (χ4v) is 2.22. The lowest BCUT2D eigenvalue weighted by Crippen LogP contribution is -2.30. The fourth-order valence-electron chi connectivity index (χ4n) is 1.48. The van der Waals surface area contributed by atoms with E-state index in [0.29, 0.717) is 6.04 Å². The minimum atomic E-state index is -0.330. The van der Waals surface area contributed by atoms with Crippen molar-refractivity contribution in [2.75, 3.05) is 24.8 Å². The lowest BCUT2D eigenvalue weighted by molar-refractivity contribution is 0.269. The number of thioether (sulfide) groups is 1. The Morgan fingerprint density at radius 2 is 2.19 bits per heavy atom. The van der Waals surface area contributed by atoms with E-state index in [1.54, 1.807) is 6.07 Å². The Hall–Kier alpha value is -0.740. The van der Waals surface area contributed by atoms with E-state index in [0.717, 1.165) is 17.9 Å². The third kappa shape index (κ3) is 3.68. The van der Waals surface area contributed by atoms with Crippen LogP contribution in [-0.4, -0.2) is 30.0 Å². The van der Waals surface area contributed by atoms with E-state index in [-0.39, 0.29) is 11.5 Å². The maximum atomic E-state index is 13.2. The molecule has 1 atom stereocenters. The van der Waals surface area contributed by atoms with Crippen LogP contribution >= 0.6 is 11.8 Å². The summed E-state index contributed by atoms with van der Waals surface area (Å²) in [5.41, 5.74) is 6.61. The highest BCUT2D eigenvalue weighted by molar-refractivity contribution is 7.98. The van der Waals surface area contributed by atoms with Crippen LogP contribution in [0, 0.1) is 5.82 Å². The molecule has 0 spiro atoms. The largest absolute Gasteiger partial charge is 0.396 e. The number of hydrogen-bond acceptors (Lipinski definition) is 3. The van der Waals surface area contributed by atoms with Crippen LogP contribution in [-0.2, 0) is 6.54 Å². The van der Waals surface area contributed by atoms with E-state index in [9.17, 15) is 4.39 Å². The summed E-state index contributed by atoms with van der Waals surface area (Å²) in [7, 11) is 2.05. The van der Waals surface area contributed by atoms with Gasteiger partial charge in [-0.2, -0.15) is 11.8 Å². The number of nitrogens with zero attached hydrogens (tertiary/aromatic N) is 1. The molecule has 0 bridgehead atoms. The molecule has 1 unspecified atom stereocenters. The molecular formula is C12H19FN2S. The van der Waals surface area contributed by atoms with E-state index in [4.69, 9.17) is 5.73 Å². The second-order valence-corrected chi connectivity index (χ2v) is 4.99. The second kappa shape index (κ2) is 6.11. The molecule has 0 amide bonds. The lowest BCUT2D eigenvalue weighted by Gasteiger charge is -2.24. The van der Waals surface area contributed by atoms with Gasteiger partial charge in [-0.1, -0.05) is 6.07 Å². The maximum absolute atomic E-state index is 13.2. The first-order valence-electron chi connectivity index (χ1n) is 5.27. The number of hydrogen-bond donors (Lipinski definition) is 1. The number of rotatable bonds is 5. The summed E-state index contributed by atoms with van der Waals surface area (Å²) in [5, 5.41) is 0. The summed E-state index contributed by atoms with van der Waals surface area (Å²) in [6.45, 7) is 2.92. The van der Waals surface area contributed by atoms with E-state index in [1.807, 2.05) is 17.8 Å². The summed E-state index contributed by atoms with van der Waals surface area (Å²) in [5.74, 6) is 0.747. The Bertz CT molecular complexity index is 344. The Labute approximate surface area is 101 Å². The first-order chi connectivity index (χ1) is 7.54. The number of halogens is 1. The highest BCUT2D eigenvalue weighted by Gasteiger charge is 2.09. The van der Waals surface area contributed by atoms with Crippen LogP contribution in [0.1, 0.15) is 12.5 Å². The number of nitrogen functional groups attached to an aromatic ring is 1. The summed E-state index contributed by atoms with van der Waals surface area (Å²) in [4.78, 5) is 2.21. The summed E-state index contributed by atoms with van der Waals surface area (Å²) >= 11 is 1.82. The van der Waals surface area contributed by atoms with Crippen LogP contribution in [0.2, 0.25) is 0 Å². The van der Waals surface area contributed by atoms with Gasteiger partial charge in [0.15, 0.2) is 0 Å². The van der Waals surface area contributed by atoms with Crippen molar-refractivity contribution in [2.45, 2.75) is 19.5 Å². The van der Waals surface area contributed by atoms with Crippen LogP contribution in [0.4, 0.5) is 10.1 Å². The van der Waals surface area contributed by atoms with Crippen molar-refractivity contribution in [1.82, 2.24) is 4.90 Å². The van der Waals surface area contributed by atoms with Gasteiger partial charge < -0.3 is 5.73 Å². The normalized spacial score (nSPS) is 13.1. The van der Waals surface area contributed by atoms with Gasteiger partial charge in [-0.25, -0.2) is 4.39 Å². The lowest BCUT2D eigenvalue weighted by atomic mass is 10.1. The molecule has 0 aromatic heterocycles. The fraction of sp³-hybridized carbons (Fsp3) is 0.500. The molecule has 0 aliphatic rings. The van der Waals surface area contributed by atoms with Gasteiger partial charge in [-0.15, -0.1) is 0 Å². The van der Waals surface area contributed by atoms with Gasteiger partial charge in [0.2, 0.25) is 0 Å². The molecule has 16 heavy (non-hydrogen) atoms. The Morgan fingerprint density at radius 3 is 2.75 bits per heavy atom. The molecule has 0 fully saturated rings. The van der Waals surface area contributed by atoms with Crippen molar-refractivity contribution in [3.8, 4) is 0 Å². The zero-order valence-electron chi connectivity index (χ0n) is 10.0. The Morgan fingerprint density at radius 1 is 1.50 bits per heavy atom. The maximum Gasteiger partial charge on any atom is 0.146 e. The monoisotopic (exact) mass is 242 g/mol. The zero-order valence-corrected chi connectivity index (χ0v) is 10.9. The topological polar surface area (TPSA) is 29.3 Å². The molecular weight excluding hydrogens is 223 g/mol. The quantitative estimate of drug-likeness (QED) is 0.805. The average molecular weight is 242 g/mol. The highest BCUT2D eigenvalue weighted by Crippen LogP contribution is 2.14. The van der Waals surface area contributed by atoms with Crippen molar-refractivity contribution in [2.24, 2.45) is 0 Å². The van der Waals surface area contributed by atoms with Crippen molar-refractivity contribution in [3.63, 3.8) is 0 Å². The second-order valence-electron chi connectivity index (χ2n) is 4.08. The van der Waals surface area contributed by atoms with Gasteiger partial charge >= 0.3 is 0 Å². The minimum Gasteiger partial charge on any atom is -0.396 e. The molecule has 0 aliphatic heterocycles. The van der Waals surface area contributed by atoms with Crippen LogP contribution < -0.4 is 5.73 Å². The first-order valence-corrected chi connectivity index (χ1v) is 6.67. The molecule has 1 rings (SSSR count). The van der Waals surface area contributed by atoms with Crippen molar-refractivity contribution in [1.29, 1.82) is 0 Å². The molecule has 4 heteroatoms. The van der Waals surface area contributed by atoms with Gasteiger partial charge in [0, 0.05) is 18.3 Å². The predicted molar refractivity (Wildman–Crippen MR) is 70.1 cm³/mol. The van der Waals surface area contributed by atoms with Gasteiger partial charge in [0.05, 0.1) is 5.69 Å². The molecule has 1 aromatic carbocycles. The molecule has 0 saturated carbocycles. The van der Waals surface area contributed by atoms with E-state index >= 15 is 0 Å². The highest BCUT2D eigenvalue weighted by atomic mass is 32.2. The third-order valence-corrected chi connectivity index (χ3v) is 3.47. The van der Waals surface area contributed by atoms with Crippen LogP contribution in [0.25, 0.3) is 0 Å². The van der Waals surface area contributed by atoms with Gasteiger partial charge in [-0.3, -0.25) is 4.90 Å². The van der Waals surface area contributed by atoms with Crippen LogP contribution in [0.5, 0.6) is 0 Å². The third-order valence-electron chi connectivity index (χ3n) is 2.66. The van der Waals surface area contributed by atoms with Crippen molar-refractivity contribution in [3.05, 3.63) is 29.6 Å². The van der Waals surface area contributed by atoms with Gasteiger partial charge in [0.25, 0.3) is 0 Å². The smallest absolute Gasteiger partial charge is 0.146 e. The van der Waals surface area contributed by atoms with Crippen molar-refractivity contribution < 1.29 is 4.39 Å². The number of benzene rings is 1. The summed E-state index contributed by atoms with van der Waals surface area (Å²) in [6, 6.07) is 5.49. The SMILES string of the molecule is CSCC(C)N(C)Cc1ccc(N)c(F)c1. The Kier molecular flexibility index (Phi) is 5.09. The first kappa shape index (κ1) is 13.3. The molecule has 1 aromatic rings. The number of nitrogens with two attached hydrogens (primary N) is 1. The standard InChI is InChI=1S/C12H19FN2S/c1-9(8-16-3)15(2)7-10-4-5-12(14)11(13)6-10/h4-6,9H,7-8,14H2,1-3H3. The molecule has 0 radical (unpaired) electrons. The molecule has 0 heterocycles. The summed E-state index contributed by atoms with van der Waals surface area (Å²) < 4.78 is 13.2. The van der Waals surface area contributed by atoms with Crippen LogP contribution in [0.15, 0.2) is 18.2 Å². The molecule has 2 nitrogen and oxygen atoms in total. The molecule has 0 aliphatic carbocycles. The van der Waals surface area contributed by atoms with E-state index < -0.39 is 0 Å². The molecule has 0 saturated heterocycles. The zero-order chi connectivity index (χ0) is 12.1. The molecule has 90 valence electrons. The minimum absolute atomic E-state index is 0.212. The Balaban J connectivity index is 2.62. The predicted octanol–water partition coefficient (Wildman–Crippen LogP) is 2.59. The van der Waals surface area contributed by atoms with Gasteiger partial charge in [0.1, 0.15) is 5.82 Å². The summed E-state index contributed by atoms with van der Waals surface area (Å²) in [6.07, 6.45) is 2.09. The van der Waals surface area contributed by atoms with E-state index in [1.165, 1.54) is 6.07 Å². The van der Waals surface area contributed by atoms with Crippen LogP contribution in [0.3, 0.4) is 0 Å². The van der Waals surface area contributed by atoms with Gasteiger partial charge in [-0.05, 0) is 37.9 Å². The molecule has 2 N–H and O–H groups in total. The van der Waals surface area contributed by atoms with E-state index in [2.05, 4.69) is 25.1 Å². The average Bonchev–Trinajstić information content (AvgIpc) is 2.24. The number of anilines is 1.